The zero-order chi connectivity index (χ0) is 34.6. The van der Waals surface area contributed by atoms with Gasteiger partial charge in [0, 0.05) is 0 Å². The number of rotatable bonds is 8. The Morgan fingerprint density at radius 2 is 0.412 bits per heavy atom. The summed E-state index contributed by atoms with van der Waals surface area (Å²) in [4.78, 5) is 0.526. The molecule has 3 heteroatoms. The first kappa shape index (κ1) is 31.9. The maximum atomic E-state index is 13.9. The average Bonchev–Trinajstić information content (AvgIpc) is 3.22. The third kappa shape index (κ3) is 6.81. The Hall–Kier alpha value is -6.29. The molecule has 244 valence electrons. The molecule has 0 saturated heterocycles. The van der Waals surface area contributed by atoms with Gasteiger partial charge in [-0.05, 0) is 127 Å². The van der Waals surface area contributed by atoms with Gasteiger partial charge in [-0.3, -0.25) is 0 Å². The van der Waals surface area contributed by atoms with Crippen LogP contribution in [0.1, 0.15) is 0 Å². The van der Waals surface area contributed by atoms with Gasteiger partial charge in [0.25, 0.3) is 0 Å². The second-order valence-corrected chi connectivity index (χ2v) is 14.6. The fraction of sp³-hybridized carbons (Fsp3) is 0. The third-order valence-electron chi connectivity index (χ3n) is 9.29. The lowest BCUT2D eigenvalue weighted by molar-refractivity contribution is 0.596. The van der Waals surface area contributed by atoms with Crippen molar-refractivity contribution >= 4 is 9.84 Å². The van der Waals surface area contributed by atoms with Crippen LogP contribution in [0.25, 0.3) is 66.8 Å². The summed E-state index contributed by atoms with van der Waals surface area (Å²) in [7, 11) is -3.74. The molecule has 0 N–H and O–H groups in total. The molecule has 8 aromatic rings. The Morgan fingerprint density at radius 1 is 0.216 bits per heavy atom. The average molecular weight is 675 g/mol. The number of benzene rings is 8. The highest BCUT2D eigenvalue weighted by Crippen LogP contribution is 2.36. The quantitative estimate of drug-likeness (QED) is 0.161. The van der Waals surface area contributed by atoms with Crippen LogP contribution in [0.15, 0.2) is 216 Å². The molecule has 2 nitrogen and oxygen atoms in total. The molecule has 0 fully saturated rings. The van der Waals surface area contributed by atoms with Gasteiger partial charge in [-0.25, -0.2) is 8.42 Å². The summed E-state index contributed by atoms with van der Waals surface area (Å²) in [6, 6.07) is 68.8. The van der Waals surface area contributed by atoms with Crippen LogP contribution >= 0.6 is 0 Å². The molecule has 0 saturated carbocycles. The summed E-state index contributed by atoms with van der Waals surface area (Å²) in [5.41, 5.74) is 12.9. The summed E-state index contributed by atoms with van der Waals surface area (Å²) in [6.45, 7) is 0. The van der Waals surface area contributed by atoms with E-state index in [1.165, 1.54) is 0 Å². The van der Waals surface area contributed by atoms with E-state index in [0.717, 1.165) is 66.8 Å². The number of hydrogen-bond donors (Lipinski definition) is 0. The van der Waals surface area contributed by atoms with Crippen LogP contribution in [0.2, 0.25) is 0 Å². The zero-order valence-electron chi connectivity index (χ0n) is 27.9. The Balaban J connectivity index is 1.11. The lowest BCUT2D eigenvalue weighted by Crippen LogP contribution is -2.01. The lowest BCUT2D eigenvalue weighted by atomic mass is 9.93. The summed E-state index contributed by atoms with van der Waals surface area (Å²) >= 11 is 0. The minimum Gasteiger partial charge on any atom is -0.219 e. The third-order valence-corrected chi connectivity index (χ3v) is 11.1. The summed E-state index contributed by atoms with van der Waals surface area (Å²) in [6.07, 6.45) is 0. The molecular weight excluding hydrogens is 641 g/mol. The van der Waals surface area contributed by atoms with Crippen LogP contribution in [0.3, 0.4) is 0 Å². The minimum atomic E-state index is -3.74. The summed E-state index contributed by atoms with van der Waals surface area (Å²) in [5, 5.41) is 0. The maximum Gasteiger partial charge on any atom is 0.206 e. The smallest absolute Gasteiger partial charge is 0.206 e. The fourth-order valence-electron chi connectivity index (χ4n) is 6.57. The van der Waals surface area contributed by atoms with E-state index in [1.807, 2.05) is 97.1 Å². The van der Waals surface area contributed by atoms with E-state index in [0.29, 0.717) is 0 Å². The molecule has 0 atom stereocenters. The second kappa shape index (κ2) is 13.9. The fourth-order valence-corrected chi connectivity index (χ4v) is 7.83. The van der Waals surface area contributed by atoms with Gasteiger partial charge in [0.1, 0.15) is 0 Å². The van der Waals surface area contributed by atoms with Gasteiger partial charge >= 0.3 is 0 Å². The van der Waals surface area contributed by atoms with Gasteiger partial charge < -0.3 is 0 Å². The van der Waals surface area contributed by atoms with Gasteiger partial charge in [-0.2, -0.15) is 0 Å². The normalized spacial score (nSPS) is 11.3. The molecule has 8 rings (SSSR count). The highest BCUT2D eigenvalue weighted by atomic mass is 32.2. The van der Waals surface area contributed by atoms with Gasteiger partial charge in [-0.15, -0.1) is 0 Å². The molecule has 8 aromatic carbocycles. The minimum absolute atomic E-state index is 0.263. The van der Waals surface area contributed by atoms with Crippen molar-refractivity contribution in [1.82, 2.24) is 0 Å². The molecule has 0 aliphatic carbocycles. The number of sulfone groups is 1. The van der Waals surface area contributed by atoms with Crippen molar-refractivity contribution in [2.75, 3.05) is 0 Å². The largest absolute Gasteiger partial charge is 0.219 e. The summed E-state index contributed by atoms with van der Waals surface area (Å²) in [5.74, 6) is 0. The molecular formula is C48H34O2S. The van der Waals surface area contributed by atoms with E-state index in [1.54, 1.807) is 24.3 Å². The standard InChI is InChI=1S/C48H34O2S/c49-51(50,47-25-21-39(22-26-47)45-31-41(35-13-5-1-6-14-35)29-42(32-45)36-15-7-2-8-16-36)48-27-23-40(24-28-48)46-33-43(37-17-9-3-10-18-37)30-44(34-46)38-19-11-4-12-20-38/h1-34H. The first-order valence-corrected chi connectivity index (χ1v) is 18.5. The van der Waals surface area contributed by atoms with Crippen LogP contribution in [0.5, 0.6) is 0 Å². The molecule has 0 spiro atoms. The van der Waals surface area contributed by atoms with Crippen LogP contribution in [-0.4, -0.2) is 8.42 Å². The number of hydrogen-bond acceptors (Lipinski definition) is 2. The molecule has 0 bridgehead atoms. The predicted octanol–water partition coefficient (Wildman–Crippen LogP) is 12.5. The molecule has 0 unspecified atom stereocenters. The van der Waals surface area contributed by atoms with Crippen molar-refractivity contribution in [2.24, 2.45) is 0 Å². The molecule has 0 aliphatic heterocycles. The zero-order valence-corrected chi connectivity index (χ0v) is 28.7. The monoisotopic (exact) mass is 674 g/mol. The topological polar surface area (TPSA) is 34.1 Å². The van der Waals surface area contributed by atoms with Crippen LogP contribution in [0.4, 0.5) is 0 Å². The second-order valence-electron chi connectivity index (χ2n) is 12.6. The van der Waals surface area contributed by atoms with Crippen molar-refractivity contribution in [1.29, 1.82) is 0 Å². The first-order valence-electron chi connectivity index (χ1n) is 17.0. The highest BCUT2D eigenvalue weighted by molar-refractivity contribution is 7.91. The van der Waals surface area contributed by atoms with Crippen molar-refractivity contribution < 1.29 is 8.42 Å². The van der Waals surface area contributed by atoms with E-state index in [2.05, 4.69) is 84.9 Å². The van der Waals surface area contributed by atoms with Gasteiger partial charge in [0.2, 0.25) is 9.84 Å². The van der Waals surface area contributed by atoms with Crippen molar-refractivity contribution in [3.8, 4) is 66.8 Å². The van der Waals surface area contributed by atoms with Crippen LogP contribution in [-0.2, 0) is 9.84 Å². The Morgan fingerprint density at radius 3 is 0.627 bits per heavy atom. The van der Waals surface area contributed by atoms with E-state index in [-0.39, 0.29) is 9.79 Å². The molecule has 0 heterocycles. The van der Waals surface area contributed by atoms with Crippen molar-refractivity contribution in [2.45, 2.75) is 9.79 Å². The van der Waals surface area contributed by atoms with E-state index in [9.17, 15) is 8.42 Å². The lowest BCUT2D eigenvalue weighted by Gasteiger charge is -2.13. The van der Waals surface area contributed by atoms with Crippen molar-refractivity contribution in [3.63, 3.8) is 0 Å². The van der Waals surface area contributed by atoms with Crippen molar-refractivity contribution in [3.05, 3.63) is 206 Å². The Kier molecular flexibility index (Phi) is 8.71. The highest BCUT2D eigenvalue weighted by Gasteiger charge is 2.19. The molecule has 0 amide bonds. The summed E-state index contributed by atoms with van der Waals surface area (Å²) < 4.78 is 27.8. The van der Waals surface area contributed by atoms with Gasteiger partial charge in [-0.1, -0.05) is 146 Å². The Labute approximate surface area is 299 Å². The van der Waals surface area contributed by atoms with Crippen LogP contribution < -0.4 is 0 Å². The van der Waals surface area contributed by atoms with Crippen LogP contribution in [0, 0.1) is 0 Å². The molecule has 51 heavy (non-hydrogen) atoms. The van der Waals surface area contributed by atoms with Gasteiger partial charge in [0.05, 0.1) is 9.79 Å². The molecule has 0 aromatic heterocycles. The van der Waals surface area contributed by atoms with Gasteiger partial charge in [0.15, 0.2) is 0 Å². The molecule has 0 aliphatic rings. The van der Waals surface area contributed by atoms with E-state index >= 15 is 0 Å². The van der Waals surface area contributed by atoms with E-state index < -0.39 is 9.84 Å². The first-order chi connectivity index (χ1) is 25.0. The SMILES string of the molecule is O=S(=O)(c1ccc(-c2cc(-c3ccccc3)cc(-c3ccccc3)c2)cc1)c1ccc(-c2cc(-c3ccccc3)cc(-c3ccccc3)c2)cc1. The Bertz CT molecular complexity index is 2240. The predicted molar refractivity (Wildman–Crippen MR) is 211 cm³/mol. The van der Waals surface area contributed by atoms with E-state index in [4.69, 9.17) is 0 Å². The molecule has 0 radical (unpaired) electrons. The maximum absolute atomic E-state index is 13.9.